The number of pyridine rings is 1. The molecule has 236 valence electrons. The molecule has 0 N–H and O–H groups in total. The van der Waals surface area contributed by atoms with E-state index in [-0.39, 0.29) is 23.5 Å². The lowest BCUT2D eigenvalue weighted by atomic mass is 9.93. The lowest BCUT2D eigenvalue weighted by molar-refractivity contribution is 0.101. The van der Waals surface area contributed by atoms with E-state index in [1.165, 1.54) is 17.4 Å². The van der Waals surface area contributed by atoms with Crippen molar-refractivity contribution >= 4 is 55.8 Å². The van der Waals surface area contributed by atoms with Crippen LogP contribution in [0.4, 0.5) is 4.39 Å². The van der Waals surface area contributed by atoms with Crippen molar-refractivity contribution in [3.8, 4) is 11.9 Å². The number of halogens is 1. The quantitative estimate of drug-likeness (QED) is 0.140. The normalized spacial score (nSPS) is 14.1. The van der Waals surface area contributed by atoms with Crippen LogP contribution >= 0.6 is 22.7 Å². The second kappa shape index (κ2) is 13.1. The van der Waals surface area contributed by atoms with Crippen molar-refractivity contribution in [3.05, 3.63) is 105 Å². The van der Waals surface area contributed by atoms with Crippen LogP contribution in [0.2, 0.25) is 0 Å². The highest BCUT2D eigenvalue weighted by molar-refractivity contribution is 7.18. The summed E-state index contributed by atoms with van der Waals surface area (Å²) >= 11 is 2.90. The Morgan fingerprint density at radius 2 is 2.00 bits per heavy atom. The SMILES string of the molecule is C=Cc1ncsc1Cn1c(CN2CCC(c3cccc(OCc4nc5c(F)cc(C#N)cc5s4)n3)CC2)nc2ccc(C(C)=O)cc21. The topological polar surface area (TPSA) is 110 Å². The minimum absolute atomic E-state index is 0.0261. The summed E-state index contributed by atoms with van der Waals surface area (Å²) in [6.45, 7) is 8.74. The number of hydrogen-bond donors (Lipinski definition) is 0. The van der Waals surface area contributed by atoms with Crippen molar-refractivity contribution in [2.24, 2.45) is 0 Å². The van der Waals surface area contributed by atoms with E-state index in [1.54, 1.807) is 30.4 Å². The molecule has 0 amide bonds. The number of ether oxygens (including phenoxy) is 1. The molecule has 2 aromatic carbocycles. The van der Waals surface area contributed by atoms with E-state index in [0.717, 1.165) is 59.1 Å². The van der Waals surface area contributed by atoms with Crippen LogP contribution in [0.5, 0.6) is 5.88 Å². The average Bonchev–Trinajstić information content (AvgIpc) is 3.81. The molecule has 0 bridgehead atoms. The lowest BCUT2D eigenvalue weighted by Gasteiger charge is -2.31. The van der Waals surface area contributed by atoms with Gasteiger partial charge in [-0.25, -0.2) is 24.3 Å². The molecule has 0 saturated carbocycles. The van der Waals surface area contributed by atoms with Crippen molar-refractivity contribution in [2.75, 3.05) is 13.1 Å². The molecule has 4 aromatic heterocycles. The second-order valence-corrected chi connectivity index (χ2v) is 13.6. The zero-order chi connectivity index (χ0) is 32.5. The number of nitrogens with zero attached hydrogens (tertiary/aromatic N) is 7. The van der Waals surface area contributed by atoms with Crippen LogP contribution in [0, 0.1) is 17.1 Å². The molecule has 0 spiro atoms. The molecule has 1 aliphatic rings. The van der Waals surface area contributed by atoms with Gasteiger partial charge in [-0.15, -0.1) is 22.7 Å². The molecular formula is C35H30FN7O2S2. The van der Waals surface area contributed by atoms with Gasteiger partial charge in [-0.1, -0.05) is 12.6 Å². The van der Waals surface area contributed by atoms with Crippen molar-refractivity contribution < 1.29 is 13.9 Å². The third-order valence-electron chi connectivity index (χ3n) is 8.48. The molecule has 6 aromatic rings. The van der Waals surface area contributed by atoms with E-state index in [0.29, 0.717) is 40.2 Å². The second-order valence-electron chi connectivity index (χ2n) is 11.5. The van der Waals surface area contributed by atoms with Crippen LogP contribution in [0.25, 0.3) is 27.3 Å². The Labute approximate surface area is 278 Å². The monoisotopic (exact) mass is 663 g/mol. The van der Waals surface area contributed by atoms with Gasteiger partial charge in [-0.05, 0) is 75.3 Å². The number of likely N-dealkylation sites (tertiary alicyclic amines) is 1. The summed E-state index contributed by atoms with van der Waals surface area (Å²) in [7, 11) is 0. The molecular weight excluding hydrogens is 634 g/mol. The smallest absolute Gasteiger partial charge is 0.213 e. The van der Waals surface area contributed by atoms with Crippen LogP contribution in [-0.2, 0) is 19.7 Å². The Morgan fingerprint density at radius 1 is 1.15 bits per heavy atom. The molecule has 1 saturated heterocycles. The molecule has 0 unspecified atom stereocenters. The number of piperidine rings is 1. The van der Waals surface area contributed by atoms with E-state index >= 15 is 0 Å². The predicted molar refractivity (Wildman–Crippen MR) is 181 cm³/mol. The number of Topliss-reactive ketones (excluding diaryl/α,β-unsaturated/α-hetero) is 1. The van der Waals surface area contributed by atoms with E-state index < -0.39 is 5.82 Å². The number of carbonyl (C=O) groups excluding carboxylic acids is 1. The zero-order valence-corrected chi connectivity index (χ0v) is 27.3. The van der Waals surface area contributed by atoms with Gasteiger partial charge in [0.05, 0.1) is 56.5 Å². The fraction of sp³-hybridized carbons (Fsp3) is 0.257. The number of imidazole rings is 1. The summed E-state index contributed by atoms with van der Waals surface area (Å²) in [6.07, 6.45) is 3.66. The molecule has 5 heterocycles. The Balaban J connectivity index is 1.03. The number of benzene rings is 2. The predicted octanol–water partition coefficient (Wildman–Crippen LogP) is 7.36. The van der Waals surface area contributed by atoms with Gasteiger partial charge in [0.15, 0.2) is 11.6 Å². The van der Waals surface area contributed by atoms with Crippen LogP contribution < -0.4 is 4.74 Å². The molecule has 47 heavy (non-hydrogen) atoms. The summed E-state index contributed by atoms with van der Waals surface area (Å²) in [6, 6.07) is 16.4. The maximum absolute atomic E-state index is 14.3. The fourth-order valence-electron chi connectivity index (χ4n) is 6.02. The van der Waals surface area contributed by atoms with Crippen molar-refractivity contribution in [3.63, 3.8) is 0 Å². The minimum Gasteiger partial charge on any atom is -0.470 e. The standard InChI is InChI=1S/C35H30FN7O2S2/c1-3-26-31(46-20-38-26)17-43-29-15-24(21(2)44)7-8-28(29)39-32(43)18-42-11-9-23(10-12-42)27-5-4-6-33(40-27)45-19-34-41-35-25(36)13-22(16-37)14-30(35)47-34/h3-8,13-15,20,23H,1,9-12,17-19H2,2H3. The zero-order valence-electron chi connectivity index (χ0n) is 25.6. The van der Waals surface area contributed by atoms with Gasteiger partial charge in [0.25, 0.3) is 0 Å². The summed E-state index contributed by atoms with van der Waals surface area (Å²) in [4.78, 5) is 34.3. The first-order chi connectivity index (χ1) is 22.9. The largest absolute Gasteiger partial charge is 0.470 e. The van der Waals surface area contributed by atoms with Gasteiger partial charge in [0.2, 0.25) is 5.88 Å². The number of nitriles is 1. The van der Waals surface area contributed by atoms with Crippen LogP contribution in [-0.4, -0.2) is 48.3 Å². The van der Waals surface area contributed by atoms with E-state index in [2.05, 4.69) is 26.0 Å². The molecule has 0 radical (unpaired) electrons. The van der Waals surface area contributed by atoms with Gasteiger partial charge < -0.3 is 9.30 Å². The first kappa shape index (κ1) is 30.8. The molecule has 1 aliphatic heterocycles. The number of fused-ring (bicyclic) bond motifs is 2. The third kappa shape index (κ3) is 6.42. The lowest BCUT2D eigenvalue weighted by Crippen LogP contribution is -2.33. The maximum atomic E-state index is 14.3. The Kier molecular flexibility index (Phi) is 8.60. The molecule has 0 aliphatic carbocycles. The Bertz CT molecular complexity index is 2170. The highest BCUT2D eigenvalue weighted by Crippen LogP contribution is 2.31. The molecule has 12 heteroatoms. The average molecular weight is 664 g/mol. The van der Waals surface area contributed by atoms with Gasteiger partial charge in [-0.3, -0.25) is 9.69 Å². The van der Waals surface area contributed by atoms with Crippen molar-refractivity contribution in [1.82, 2.24) is 29.4 Å². The first-order valence-corrected chi connectivity index (χ1v) is 16.9. The summed E-state index contributed by atoms with van der Waals surface area (Å²) in [5.41, 5.74) is 6.69. The fourth-order valence-corrected chi connectivity index (χ4v) is 7.71. The van der Waals surface area contributed by atoms with Crippen molar-refractivity contribution in [2.45, 2.75) is 45.4 Å². The summed E-state index contributed by atoms with van der Waals surface area (Å²) < 4.78 is 23.1. The first-order valence-electron chi connectivity index (χ1n) is 15.2. The van der Waals surface area contributed by atoms with Gasteiger partial charge in [0.1, 0.15) is 23.0 Å². The van der Waals surface area contributed by atoms with Crippen LogP contribution in [0.1, 0.15) is 68.7 Å². The van der Waals surface area contributed by atoms with Crippen LogP contribution in [0.3, 0.4) is 0 Å². The maximum Gasteiger partial charge on any atom is 0.213 e. The van der Waals surface area contributed by atoms with Gasteiger partial charge in [-0.2, -0.15) is 5.26 Å². The number of thiazole rings is 2. The number of aromatic nitrogens is 5. The summed E-state index contributed by atoms with van der Waals surface area (Å²) in [5, 5.41) is 9.75. The van der Waals surface area contributed by atoms with Crippen LogP contribution in [0.15, 0.2) is 60.6 Å². The number of ketones is 1. The highest BCUT2D eigenvalue weighted by Gasteiger charge is 2.24. The summed E-state index contributed by atoms with van der Waals surface area (Å²) in [5.74, 6) is 1.27. The Hall–Kier alpha value is -4.83. The van der Waals surface area contributed by atoms with E-state index in [1.807, 2.05) is 48.0 Å². The minimum atomic E-state index is -0.506. The number of rotatable bonds is 10. The number of carbonyl (C=O) groups is 1. The van der Waals surface area contributed by atoms with Crippen molar-refractivity contribution in [1.29, 1.82) is 5.26 Å². The van der Waals surface area contributed by atoms with E-state index in [9.17, 15) is 9.18 Å². The Morgan fingerprint density at radius 3 is 2.79 bits per heavy atom. The van der Waals surface area contributed by atoms with E-state index in [4.69, 9.17) is 20.0 Å². The highest BCUT2D eigenvalue weighted by atomic mass is 32.1. The van der Waals surface area contributed by atoms with Gasteiger partial charge in [0, 0.05) is 23.2 Å². The van der Waals surface area contributed by atoms with Gasteiger partial charge >= 0.3 is 0 Å². The number of hydrogen-bond acceptors (Lipinski definition) is 10. The third-order valence-corrected chi connectivity index (χ3v) is 10.3. The molecule has 7 rings (SSSR count). The molecule has 9 nitrogen and oxygen atoms in total. The molecule has 0 atom stereocenters. The molecule has 1 fully saturated rings.